The zero-order chi connectivity index (χ0) is 15.7. The van der Waals surface area contributed by atoms with Crippen molar-refractivity contribution in [3.8, 4) is 0 Å². The second kappa shape index (κ2) is 5.61. The third-order valence-electron chi connectivity index (χ3n) is 4.94. The lowest BCUT2D eigenvalue weighted by molar-refractivity contribution is -0.121. The molecule has 2 fully saturated rings. The fraction of sp³-hybridized carbons (Fsp3) is 0.412. The first-order chi connectivity index (χ1) is 11.3. The molecule has 2 saturated heterocycles. The van der Waals surface area contributed by atoms with Gasteiger partial charge >= 0.3 is 0 Å². The smallest absolute Gasteiger partial charge is 0.228 e. The molecule has 1 N–H and O–H groups in total. The quantitative estimate of drug-likeness (QED) is 0.910. The van der Waals surface area contributed by atoms with Gasteiger partial charge in [0.2, 0.25) is 11.9 Å². The number of nitrogens with one attached hydrogen (secondary N) is 1. The zero-order valence-electron chi connectivity index (χ0n) is 12.9. The van der Waals surface area contributed by atoms with E-state index in [9.17, 15) is 4.79 Å². The van der Waals surface area contributed by atoms with Gasteiger partial charge < -0.3 is 10.2 Å². The molecule has 6 heteroatoms. The Balaban J connectivity index is 1.47. The summed E-state index contributed by atoms with van der Waals surface area (Å²) in [4.78, 5) is 27.4. The summed E-state index contributed by atoms with van der Waals surface area (Å²) in [6, 6.07) is 5.71. The van der Waals surface area contributed by atoms with Crippen molar-refractivity contribution in [3.63, 3.8) is 0 Å². The summed E-state index contributed by atoms with van der Waals surface area (Å²) in [6.07, 6.45) is 9.77. The van der Waals surface area contributed by atoms with Crippen LogP contribution in [0.25, 0.3) is 0 Å². The van der Waals surface area contributed by atoms with Gasteiger partial charge in [0.1, 0.15) is 0 Å². The van der Waals surface area contributed by atoms with E-state index < -0.39 is 0 Å². The number of carbonyl (C=O) groups excluding carboxylic acids is 1. The standard InChI is InChI=1S/C17H19N5O/c23-15-14(13-3-1-6-18-12-13)11-17(21-15)4-9-22(10-5-17)16-19-7-2-8-20-16/h1-3,6-8,12,14H,4-5,9-11H2,(H,21,23)/t14-/m0/s1. The van der Waals surface area contributed by atoms with Crippen molar-refractivity contribution in [3.05, 3.63) is 48.5 Å². The number of hydrogen-bond acceptors (Lipinski definition) is 5. The summed E-state index contributed by atoms with van der Waals surface area (Å²) in [5.41, 5.74) is 0.916. The largest absolute Gasteiger partial charge is 0.350 e. The fourth-order valence-electron chi connectivity index (χ4n) is 3.65. The maximum Gasteiger partial charge on any atom is 0.228 e. The van der Waals surface area contributed by atoms with Crippen LogP contribution in [0.3, 0.4) is 0 Å². The molecule has 0 aliphatic carbocycles. The van der Waals surface area contributed by atoms with Gasteiger partial charge in [-0.2, -0.15) is 0 Å². The molecule has 0 bridgehead atoms. The van der Waals surface area contributed by atoms with Crippen LogP contribution in [0.2, 0.25) is 0 Å². The Kier molecular flexibility index (Phi) is 3.44. The number of piperidine rings is 1. The topological polar surface area (TPSA) is 71.0 Å². The predicted molar refractivity (Wildman–Crippen MR) is 85.9 cm³/mol. The molecule has 1 amide bonds. The lowest BCUT2D eigenvalue weighted by Gasteiger charge is -2.39. The van der Waals surface area contributed by atoms with E-state index in [0.717, 1.165) is 43.9 Å². The third-order valence-corrected chi connectivity index (χ3v) is 4.94. The van der Waals surface area contributed by atoms with Gasteiger partial charge in [-0.25, -0.2) is 9.97 Å². The summed E-state index contributed by atoms with van der Waals surface area (Å²) >= 11 is 0. The molecule has 0 radical (unpaired) electrons. The minimum atomic E-state index is -0.0944. The van der Waals surface area contributed by atoms with Crippen LogP contribution in [-0.2, 0) is 4.79 Å². The van der Waals surface area contributed by atoms with Gasteiger partial charge in [-0.1, -0.05) is 6.07 Å². The molecule has 1 atom stereocenters. The minimum Gasteiger partial charge on any atom is -0.350 e. The fourth-order valence-corrected chi connectivity index (χ4v) is 3.65. The number of nitrogens with zero attached hydrogens (tertiary/aromatic N) is 4. The molecule has 2 aromatic rings. The highest BCUT2D eigenvalue weighted by atomic mass is 16.2. The maximum atomic E-state index is 12.4. The molecule has 0 saturated carbocycles. The first-order valence-electron chi connectivity index (χ1n) is 8.00. The van der Waals surface area contributed by atoms with Gasteiger partial charge in [0.15, 0.2) is 0 Å². The molecule has 118 valence electrons. The predicted octanol–water partition coefficient (Wildman–Crippen LogP) is 1.51. The minimum absolute atomic E-state index is 0.0803. The molecule has 1 spiro atoms. The van der Waals surface area contributed by atoms with Gasteiger partial charge in [-0.15, -0.1) is 0 Å². The Labute approximate surface area is 135 Å². The van der Waals surface area contributed by atoms with E-state index in [0.29, 0.717) is 0 Å². The number of pyridine rings is 1. The molecule has 6 nitrogen and oxygen atoms in total. The average Bonchev–Trinajstić information content (AvgIpc) is 2.93. The molecule has 2 aliphatic heterocycles. The van der Waals surface area contributed by atoms with Gasteiger partial charge in [-0.05, 0) is 37.0 Å². The Morgan fingerprint density at radius 3 is 2.61 bits per heavy atom. The number of anilines is 1. The zero-order valence-corrected chi connectivity index (χ0v) is 12.9. The molecule has 2 aliphatic rings. The van der Waals surface area contributed by atoms with Crippen LogP contribution >= 0.6 is 0 Å². The molecule has 2 aromatic heterocycles. The normalized spacial score (nSPS) is 23.0. The molecule has 23 heavy (non-hydrogen) atoms. The lowest BCUT2D eigenvalue weighted by atomic mass is 9.82. The molecular formula is C17H19N5O. The summed E-state index contributed by atoms with van der Waals surface area (Å²) in [6.45, 7) is 1.73. The Hall–Kier alpha value is -2.50. The first-order valence-corrected chi connectivity index (χ1v) is 8.00. The number of amides is 1. The lowest BCUT2D eigenvalue weighted by Crippen LogP contribution is -2.51. The van der Waals surface area contributed by atoms with Gasteiger partial charge in [0.05, 0.1) is 5.92 Å². The third kappa shape index (κ3) is 2.65. The van der Waals surface area contributed by atoms with Crippen LogP contribution in [0.15, 0.2) is 43.0 Å². The van der Waals surface area contributed by atoms with Crippen LogP contribution in [0.1, 0.15) is 30.7 Å². The Morgan fingerprint density at radius 1 is 1.13 bits per heavy atom. The van der Waals surface area contributed by atoms with Crippen molar-refractivity contribution in [2.24, 2.45) is 0 Å². The second-order valence-corrected chi connectivity index (χ2v) is 6.35. The van der Waals surface area contributed by atoms with Crippen LogP contribution in [0.5, 0.6) is 0 Å². The summed E-state index contributed by atoms with van der Waals surface area (Å²) in [5.74, 6) is 0.820. The average molecular weight is 309 g/mol. The monoisotopic (exact) mass is 309 g/mol. The summed E-state index contributed by atoms with van der Waals surface area (Å²) < 4.78 is 0. The van der Waals surface area contributed by atoms with E-state index in [-0.39, 0.29) is 17.4 Å². The molecule has 0 unspecified atom stereocenters. The van der Waals surface area contributed by atoms with Gasteiger partial charge in [-0.3, -0.25) is 9.78 Å². The van der Waals surface area contributed by atoms with Crippen molar-refractivity contribution >= 4 is 11.9 Å². The van der Waals surface area contributed by atoms with Crippen molar-refractivity contribution in [1.29, 1.82) is 0 Å². The van der Waals surface area contributed by atoms with Gasteiger partial charge in [0, 0.05) is 43.4 Å². The van der Waals surface area contributed by atoms with E-state index in [1.54, 1.807) is 24.8 Å². The van der Waals surface area contributed by atoms with Crippen LogP contribution in [-0.4, -0.2) is 39.5 Å². The van der Waals surface area contributed by atoms with E-state index in [4.69, 9.17) is 0 Å². The number of carbonyl (C=O) groups is 1. The SMILES string of the molecule is O=C1NC2(CCN(c3ncccn3)CC2)C[C@H]1c1cccnc1. The van der Waals surface area contributed by atoms with Crippen molar-refractivity contribution in [2.75, 3.05) is 18.0 Å². The van der Waals surface area contributed by atoms with Crippen LogP contribution in [0.4, 0.5) is 5.95 Å². The molecule has 4 heterocycles. The Morgan fingerprint density at radius 2 is 1.91 bits per heavy atom. The van der Waals surface area contributed by atoms with Crippen molar-refractivity contribution < 1.29 is 4.79 Å². The Bertz CT molecular complexity index is 683. The summed E-state index contributed by atoms with van der Waals surface area (Å²) in [5, 5.41) is 3.26. The number of rotatable bonds is 2. The van der Waals surface area contributed by atoms with E-state index >= 15 is 0 Å². The van der Waals surface area contributed by atoms with Crippen LogP contribution in [0, 0.1) is 0 Å². The number of aromatic nitrogens is 3. The number of hydrogen-bond donors (Lipinski definition) is 1. The van der Waals surface area contributed by atoms with Crippen LogP contribution < -0.4 is 10.2 Å². The van der Waals surface area contributed by atoms with Crippen molar-refractivity contribution in [2.45, 2.75) is 30.7 Å². The molecular weight excluding hydrogens is 290 g/mol. The van der Waals surface area contributed by atoms with E-state index in [1.807, 2.05) is 18.2 Å². The molecule has 0 aromatic carbocycles. The highest BCUT2D eigenvalue weighted by molar-refractivity contribution is 5.87. The van der Waals surface area contributed by atoms with Gasteiger partial charge in [0.25, 0.3) is 0 Å². The maximum absolute atomic E-state index is 12.4. The highest BCUT2D eigenvalue weighted by Crippen LogP contribution is 2.39. The highest BCUT2D eigenvalue weighted by Gasteiger charge is 2.46. The first kappa shape index (κ1) is 14.1. The second-order valence-electron chi connectivity index (χ2n) is 6.35. The van der Waals surface area contributed by atoms with Crippen molar-refractivity contribution in [1.82, 2.24) is 20.3 Å². The molecule has 4 rings (SSSR count). The van der Waals surface area contributed by atoms with E-state index in [2.05, 4.69) is 25.2 Å². The summed E-state index contributed by atoms with van der Waals surface area (Å²) in [7, 11) is 0. The van der Waals surface area contributed by atoms with E-state index in [1.165, 1.54) is 0 Å².